The number of ether oxygens (including phenoxy) is 1. The van der Waals surface area contributed by atoms with Crippen molar-refractivity contribution in [2.24, 2.45) is 11.8 Å². The first-order valence-corrected chi connectivity index (χ1v) is 12.7. The van der Waals surface area contributed by atoms with Crippen LogP contribution < -0.4 is 10.1 Å². The second kappa shape index (κ2) is 10.1. The Hall–Kier alpha value is -3.56. The van der Waals surface area contributed by atoms with Crippen molar-refractivity contribution >= 4 is 22.8 Å². The number of H-pyrrole nitrogens is 1. The van der Waals surface area contributed by atoms with Crippen molar-refractivity contribution in [1.29, 1.82) is 0 Å². The van der Waals surface area contributed by atoms with Crippen LogP contribution in [0.25, 0.3) is 22.3 Å². The smallest absolute Gasteiger partial charge is 0.263 e. The number of carbonyl (C=O) groups excluding carboxylic acids is 2. The molecule has 0 spiro atoms. The summed E-state index contributed by atoms with van der Waals surface area (Å²) in [5.74, 6) is 0.823. The fourth-order valence-corrected chi connectivity index (χ4v) is 4.91. The van der Waals surface area contributed by atoms with Crippen LogP contribution in [0, 0.1) is 18.8 Å². The summed E-state index contributed by atoms with van der Waals surface area (Å²) >= 11 is 0. The van der Waals surface area contributed by atoms with E-state index in [4.69, 9.17) is 4.74 Å². The van der Waals surface area contributed by atoms with Crippen molar-refractivity contribution < 1.29 is 23.1 Å². The third-order valence-corrected chi connectivity index (χ3v) is 7.26. The summed E-state index contributed by atoms with van der Waals surface area (Å²) < 4.78 is 33.1. The highest BCUT2D eigenvalue weighted by atomic mass is 19.3. The van der Waals surface area contributed by atoms with Gasteiger partial charge in [-0.05, 0) is 49.8 Å². The molecule has 1 aliphatic heterocycles. The Morgan fingerprint density at radius 1 is 1.24 bits per heavy atom. The van der Waals surface area contributed by atoms with Crippen molar-refractivity contribution in [1.82, 2.24) is 25.2 Å². The van der Waals surface area contributed by atoms with E-state index in [-0.39, 0.29) is 29.3 Å². The number of hydrogen-bond donors (Lipinski definition) is 2. The van der Waals surface area contributed by atoms with Crippen LogP contribution in [0.4, 0.5) is 8.78 Å². The fraction of sp³-hybridized carbons (Fsp3) is 0.481. The molecule has 3 aromatic rings. The van der Waals surface area contributed by atoms with E-state index in [0.717, 1.165) is 12.8 Å². The quantitative estimate of drug-likeness (QED) is 0.459. The first kappa shape index (κ1) is 25.1. The molecular formula is C27H31F2N5O3. The molecule has 1 aliphatic carbocycles. The fourth-order valence-electron chi connectivity index (χ4n) is 4.91. The summed E-state index contributed by atoms with van der Waals surface area (Å²) in [6, 6.07) is 4.13. The maximum atomic E-state index is 13.6. The second-order valence-corrected chi connectivity index (χ2v) is 10.1. The van der Waals surface area contributed by atoms with Gasteiger partial charge in [0.1, 0.15) is 23.3 Å². The number of benzene rings is 1. The van der Waals surface area contributed by atoms with E-state index in [1.807, 2.05) is 13.8 Å². The molecule has 1 saturated heterocycles. The van der Waals surface area contributed by atoms with Gasteiger partial charge in [-0.3, -0.25) is 9.59 Å². The van der Waals surface area contributed by atoms with Crippen molar-refractivity contribution in [3.63, 3.8) is 0 Å². The normalized spacial score (nSPS) is 19.6. The topological polar surface area (TPSA) is 100 Å². The lowest BCUT2D eigenvalue weighted by molar-refractivity contribution is -0.129. The van der Waals surface area contributed by atoms with Crippen LogP contribution in [0.1, 0.15) is 61.2 Å². The van der Waals surface area contributed by atoms with Gasteiger partial charge in [0.2, 0.25) is 5.91 Å². The van der Waals surface area contributed by atoms with Crippen molar-refractivity contribution in [3.8, 4) is 17.0 Å². The number of carbonyl (C=O) groups is 2. The average Bonchev–Trinajstić information content (AvgIpc) is 3.55. The third-order valence-electron chi connectivity index (χ3n) is 7.26. The van der Waals surface area contributed by atoms with Gasteiger partial charge in [-0.1, -0.05) is 13.8 Å². The molecule has 2 aliphatic rings. The number of halogens is 2. The Kier molecular flexibility index (Phi) is 6.83. The Balaban J connectivity index is 1.48. The summed E-state index contributed by atoms with van der Waals surface area (Å²) in [6.45, 7) is 7.18. The number of aryl methyl sites for hydroxylation is 1. The molecule has 2 aromatic heterocycles. The Morgan fingerprint density at radius 3 is 2.73 bits per heavy atom. The number of fused-ring (bicyclic) bond motifs is 1. The zero-order valence-electron chi connectivity index (χ0n) is 21.2. The van der Waals surface area contributed by atoms with Crippen LogP contribution in [0.5, 0.6) is 5.75 Å². The summed E-state index contributed by atoms with van der Waals surface area (Å²) in [7, 11) is 0. The maximum Gasteiger partial charge on any atom is 0.263 e. The molecular weight excluding hydrogens is 480 g/mol. The highest BCUT2D eigenvalue weighted by Gasteiger charge is 2.34. The average molecular weight is 512 g/mol. The number of nitrogens with one attached hydrogen (secondary N) is 2. The molecule has 2 atom stereocenters. The van der Waals surface area contributed by atoms with Gasteiger partial charge >= 0.3 is 0 Å². The molecule has 1 aromatic carbocycles. The van der Waals surface area contributed by atoms with Gasteiger partial charge in [-0.2, -0.15) is 0 Å². The van der Waals surface area contributed by atoms with E-state index < -0.39 is 6.43 Å². The molecule has 10 heteroatoms. The number of amides is 2. The van der Waals surface area contributed by atoms with Gasteiger partial charge in [0.05, 0.1) is 23.7 Å². The number of nitrogens with zero attached hydrogens (tertiary/aromatic N) is 3. The third kappa shape index (κ3) is 5.01. The predicted octanol–water partition coefficient (Wildman–Crippen LogP) is 4.65. The van der Waals surface area contributed by atoms with Gasteiger partial charge in [0, 0.05) is 36.3 Å². The van der Waals surface area contributed by atoms with Gasteiger partial charge in [0.15, 0.2) is 0 Å². The minimum absolute atomic E-state index is 0.0648. The minimum Gasteiger partial charge on any atom is -0.493 e. The minimum atomic E-state index is -2.65. The van der Waals surface area contributed by atoms with Gasteiger partial charge in [-0.25, -0.2) is 18.7 Å². The number of likely N-dealkylation sites (tertiary alicyclic amines) is 1. The summed E-state index contributed by atoms with van der Waals surface area (Å²) in [5.41, 5.74) is 2.54. The summed E-state index contributed by atoms with van der Waals surface area (Å²) in [4.78, 5) is 39.3. The molecule has 3 heterocycles. The van der Waals surface area contributed by atoms with E-state index >= 15 is 0 Å². The summed E-state index contributed by atoms with van der Waals surface area (Å²) in [6.07, 6.45) is 1.31. The Bertz CT molecular complexity index is 1340. The van der Waals surface area contributed by atoms with E-state index in [0.29, 0.717) is 71.3 Å². The van der Waals surface area contributed by atoms with Crippen molar-refractivity contribution in [3.05, 3.63) is 41.3 Å². The van der Waals surface area contributed by atoms with Gasteiger partial charge in [-0.15, -0.1) is 0 Å². The molecule has 0 bridgehead atoms. The lowest BCUT2D eigenvalue weighted by atomic mass is 10.0. The van der Waals surface area contributed by atoms with Crippen LogP contribution in [0.2, 0.25) is 0 Å². The van der Waals surface area contributed by atoms with E-state index in [9.17, 15) is 18.4 Å². The molecule has 5 rings (SSSR count). The maximum absolute atomic E-state index is 13.6. The number of rotatable bonds is 8. The molecule has 0 unspecified atom stereocenters. The number of hydrogen-bond acceptors (Lipinski definition) is 5. The number of aromatic nitrogens is 3. The predicted molar refractivity (Wildman–Crippen MR) is 135 cm³/mol. The molecule has 0 radical (unpaired) electrons. The highest BCUT2D eigenvalue weighted by molar-refractivity contribution is 6.09. The van der Waals surface area contributed by atoms with Crippen molar-refractivity contribution in [2.45, 2.75) is 52.5 Å². The standard InChI is InChI=1S/C27H31F2N5O3/c1-4-21(35)34-10-14(2)19(11-34)33-27(36)22-15(3)32-25-23(30-13-31-24(22)25)18-9-17(26(28)29)7-8-20(18)37-12-16-5-6-16/h7-9,13-14,16,19,26,32H,4-6,10-12H2,1-3H3,(H,33,36)/t14-,19+/m0/s1. The molecule has 2 N–H and O–H groups in total. The first-order chi connectivity index (χ1) is 17.8. The molecule has 1 saturated carbocycles. The molecule has 2 amide bonds. The van der Waals surface area contributed by atoms with Gasteiger partial charge in [0.25, 0.3) is 12.3 Å². The van der Waals surface area contributed by atoms with E-state index in [1.165, 1.54) is 18.5 Å². The summed E-state index contributed by atoms with van der Waals surface area (Å²) in [5, 5.41) is 3.07. The monoisotopic (exact) mass is 511 g/mol. The number of alkyl halides is 2. The zero-order chi connectivity index (χ0) is 26.3. The Morgan fingerprint density at radius 2 is 2.03 bits per heavy atom. The van der Waals surface area contributed by atoms with Crippen LogP contribution in [-0.4, -0.2) is 57.4 Å². The second-order valence-electron chi connectivity index (χ2n) is 10.1. The highest BCUT2D eigenvalue weighted by Crippen LogP contribution is 2.38. The Labute approximate surface area is 213 Å². The van der Waals surface area contributed by atoms with Crippen LogP contribution in [-0.2, 0) is 4.79 Å². The SMILES string of the molecule is CCC(=O)N1C[C@H](C)[C@H](NC(=O)c2c(C)[nH]c3c(-c4cc(C(F)F)ccc4OCC4CC4)ncnc23)C1. The van der Waals surface area contributed by atoms with E-state index in [1.54, 1.807) is 17.9 Å². The lowest BCUT2D eigenvalue weighted by Gasteiger charge is -2.17. The lowest BCUT2D eigenvalue weighted by Crippen LogP contribution is -2.40. The van der Waals surface area contributed by atoms with Crippen molar-refractivity contribution in [2.75, 3.05) is 19.7 Å². The van der Waals surface area contributed by atoms with Crippen LogP contribution in [0.3, 0.4) is 0 Å². The molecule has 196 valence electrons. The largest absolute Gasteiger partial charge is 0.493 e. The van der Waals surface area contributed by atoms with Crippen LogP contribution >= 0.6 is 0 Å². The number of aromatic amines is 1. The molecule has 37 heavy (non-hydrogen) atoms. The molecule has 8 nitrogen and oxygen atoms in total. The first-order valence-electron chi connectivity index (χ1n) is 12.7. The van der Waals surface area contributed by atoms with Gasteiger partial charge < -0.3 is 19.9 Å². The van der Waals surface area contributed by atoms with Crippen LogP contribution in [0.15, 0.2) is 24.5 Å². The molecule has 2 fully saturated rings. The zero-order valence-corrected chi connectivity index (χ0v) is 21.2. The van der Waals surface area contributed by atoms with E-state index in [2.05, 4.69) is 20.3 Å².